The Bertz CT molecular complexity index is 425. The average Bonchev–Trinajstić information content (AvgIpc) is 2.43. The van der Waals surface area contributed by atoms with E-state index in [0.717, 1.165) is 24.2 Å². The fourth-order valence-corrected chi connectivity index (χ4v) is 2.86. The number of piperidine rings is 1. The third kappa shape index (κ3) is 4.29. The molecule has 112 valence electrons. The number of halogens is 1. The molecule has 0 spiro atoms. The number of nitrogens with zero attached hydrogens (tertiary/aromatic N) is 1. The number of nitrogens with one attached hydrogen (secondary N) is 1. The van der Waals surface area contributed by atoms with Gasteiger partial charge in [0, 0.05) is 30.7 Å². The van der Waals surface area contributed by atoms with Gasteiger partial charge in [-0.15, -0.1) is 0 Å². The van der Waals surface area contributed by atoms with Crippen molar-refractivity contribution in [3.63, 3.8) is 0 Å². The predicted octanol–water partition coefficient (Wildman–Crippen LogP) is 3.49. The van der Waals surface area contributed by atoms with Gasteiger partial charge in [0.2, 0.25) is 0 Å². The van der Waals surface area contributed by atoms with Gasteiger partial charge in [0.25, 0.3) is 0 Å². The van der Waals surface area contributed by atoms with Gasteiger partial charge in [0.1, 0.15) is 5.82 Å². The van der Waals surface area contributed by atoms with Crippen LogP contribution in [0.25, 0.3) is 0 Å². The second-order valence-corrected chi connectivity index (χ2v) is 6.26. The molecule has 0 amide bonds. The van der Waals surface area contributed by atoms with Crippen molar-refractivity contribution < 1.29 is 4.39 Å². The van der Waals surface area contributed by atoms with Crippen LogP contribution in [0.2, 0.25) is 0 Å². The summed E-state index contributed by atoms with van der Waals surface area (Å²) in [6.45, 7) is 9.22. The van der Waals surface area contributed by atoms with Crippen molar-refractivity contribution in [2.75, 3.05) is 13.1 Å². The molecule has 1 heterocycles. The molecule has 2 rings (SSSR count). The molecular formula is C17H27FN2. The largest absolute Gasteiger partial charge is 0.313 e. The fourth-order valence-electron chi connectivity index (χ4n) is 2.86. The zero-order chi connectivity index (χ0) is 14.5. The molecule has 0 radical (unpaired) electrons. The highest BCUT2D eigenvalue weighted by Gasteiger charge is 2.19. The van der Waals surface area contributed by atoms with Crippen LogP contribution in [-0.2, 0) is 6.54 Å². The molecule has 1 unspecified atom stereocenters. The summed E-state index contributed by atoms with van der Waals surface area (Å²) in [5.41, 5.74) is 1.94. The van der Waals surface area contributed by atoms with Gasteiger partial charge < -0.3 is 5.32 Å². The molecular weight excluding hydrogens is 251 g/mol. The molecule has 1 fully saturated rings. The first-order valence-corrected chi connectivity index (χ1v) is 7.78. The van der Waals surface area contributed by atoms with Gasteiger partial charge in [-0.1, -0.05) is 24.1 Å². The molecule has 1 aromatic rings. The van der Waals surface area contributed by atoms with Crippen LogP contribution in [0.1, 0.15) is 44.2 Å². The molecule has 1 N–H and O–H groups in total. The van der Waals surface area contributed by atoms with Gasteiger partial charge in [-0.3, -0.25) is 4.90 Å². The maximum atomic E-state index is 13.9. The molecule has 20 heavy (non-hydrogen) atoms. The Balaban J connectivity index is 2.02. The maximum Gasteiger partial charge on any atom is 0.127 e. The standard InChI is InChI=1S/C17H27FN2/c1-13(2)20(12-16-6-4-5-9-19-16)11-15-10-14(3)7-8-17(15)18/h7-8,10,13,16,19H,4-6,9,11-12H2,1-3H3. The quantitative estimate of drug-likeness (QED) is 0.887. The maximum absolute atomic E-state index is 13.9. The normalized spacial score (nSPS) is 19.8. The number of hydrogen-bond acceptors (Lipinski definition) is 2. The van der Waals surface area contributed by atoms with E-state index in [-0.39, 0.29) is 5.82 Å². The third-order valence-electron chi connectivity index (χ3n) is 4.17. The smallest absolute Gasteiger partial charge is 0.127 e. The third-order valence-corrected chi connectivity index (χ3v) is 4.17. The molecule has 1 aliphatic rings. The van der Waals surface area contributed by atoms with E-state index in [4.69, 9.17) is 0 Å². The number of rotatable bonds is 5. The highest BCUT2D eigenvalue weighted by Crippen LogP contribution is 2.16. The SMILES string of the molecule is Cc1ccc(F)c(CN(CC2CCCCN2)C(C)C)c1. The van der Waals surface area contributed by atoms with Gasteiger partial charge in [-0.25, -0.2) is 4.39 Å². The fraction of sp³-hybridized carbons (Fsp3) is 0.647. The first-order chi connectivity index (χ1) is 9.56. The zero-order valence-corrected chi connectivity index (χ0v) is 13.0. The van der Waals surface area contributed by atoms with Crippen molar-refractivity contribution in [2.45, 2.75) is 58.7 Å². The van der Waals surface area contributed by atoms with E-state index in [1.807, 2.05) is 19.1 Å². The molecule has 1 aromatic carbocycles. The average molecular weight is 278 g/mol. The topological polar surface area (TPSA) is 15.3 Å². The first kappa shape index (κ1) is 15.5. The Kier molecular flexibility index (Phi) is 5.55. The highest BCUT2D eigenvalue weighted by molar-refractivity contribution is 5.24. The lowest BCUT2D eigenvalue weighted by molar-refractivity contribution is 0.175. The predicted molar refractivity (Wildman–Crippen MR) is 82.3 cm³/mol. The van der Waals surface area contributed by atoms with Crippen molar-refractivity contribution in [2.24, 2.45) is 0 Å². The van der Waals surface area contributed by atoms with Gasteiger partial charge in [-0.2, -0.15) is 0 Å². The van der Waals surface area contributed by atoms with Gasteiger partial charge in [0.05, 0.1) is 0 Å². The monoisotopic (exact) mass is 278 g/mol. The van der Waals surface area contributed by atoms with E-state index in [1.165, 1.54) is 19.3 Å². The Morgan fingerprint density at radius 2 is 2.15 bits per heavy atom. The van der Waals surface area contributed by atoms with Gasteiger partial charge in [-0.05, 0) is 46.2 Å². The van der Waals surface area contributed by atoms with Crippen molar-refractivity contribution in [1.82, 2.24) is 10.2 Å². The van der Waals surface area contributed by atoms with E-state index in [1.54, 1.807) is 6.07 Å². The summed E-state index contributed by atoms with van der Waals surface area (Å²) in [4.78, 5) is 2.38. The number of aryl methyl sites for hydroxylation is 1. The molecule has 0 aromatic heterocycles. The van der Waals surface area contributed by atoms with Gasteiger partial charge in [0.15, 0.2) is 0 Å². The van der Waals surface area contributed by atoms with Crippen molar-refractivity contribution in [1.29, 1.82) is 0 Å². The molecule has 0 bridgehead atoms. The summed E-state index contributed by atoms with van der Waals surface area (Å²) in [6, 6.07) is 6.38. The minimum absolute atomic E-state index is 0.0853. The summed E-state index contributed by atoms with van der Waals surface area (Å²) < 4.78 is 13.9. The molecule has 0 saturated carbocycles. The summed E-state index contributed by atoms with van der Waals surface area (Å²) in [7, 11) is 0. The molecule has 0 aliphatic carbocycles. The van der Waals surface area contributed by atoms with Crippen molar-refractivity contribution >= 4 is 0 Å². The zero-order valence-electron chi connectivity index (χ0n) is 13.0. The molecule has 1 aliphatic heterocycles. The summed E-state index contributed by atoms with van der Waals surface area (Å²) in [6.07, 6.45) is 3.83. The number of hydrogen-bond donors (Lipinski definition) is 1. The minimum Gasteiger partial charge on any atom is -0.313 e. The molecule has 1 saturated heterocycles. The van der Waals surface area contributed by atoms with Crippen LogP contribution >= 0.6 is 0 Å². The Morgan fingerprint density at radius 3 is 2.80 bits per heavy atom. The lowest BCUT2D eigenvalue weighted by Gasteiger charge is -2.33. The molecule has 3 heteroatoms. The van der Waals surface area contributed by atoms with Crippen LogP contribution in [0.3, 0.4) is 0 Å². The van der Waals surface area contributed by atoms with E-state index in [9.17, 15) is 4.39 Å². The first-order valence-electron chi connectivity index (χ1n) is 7.78. The van der Waals surface area contributed by atoms with Crippen LogP contribution in [0, 0.1) is 12.7 Å². The lowest BCUT2D eigenvalue weighted by Crippen LogP contribution is -2.45. The summed E-state index contributed by atoms with van der Waals surface area (Å²) in [5, 5.41) is 3.58. The summed E-state index contributed by atoms with van der Waals surface area (Å²) >= 11 is 0. The van der Waals surface area contributed by atoms with E-state index >= 15 is 0 Å². The second-order valence-electron chi connectivity index (χ2n) is 6.26. The minimum atomic E-state index is -0.0853. The second kappa shape index (κ2) is 7.19. The van der Waals surface area contributed by atoms with E-state index in [2.05, 4.69) is 24.1 Å². The summed E-state index contributed by atoms with van der Waals surface area (Å²) in [5.74, 6) is -0.0853. The molecule has 2 nitrogen and oxygen atoms in total. The van der Waals surface area contributed by atoms with Crippen LogP contribution in [0.15, 0.2) is 18.2 Å². The van der Waals surface area contributed by atoms with Crippen LogP contribution < -0.4 is 5.32 Å². The van der Waals surface area contributed by atoms with Crippen LogP contribution in [0.5, 0.6) is 0 Å². The van der Waals surface area contributed by atoms with E-state index in [0.29, 0.717) is 18.6 Å². The Morgan fingerprint density at radius 1 is 1.35 bits per heavy atom. The molecule has 1 atom stereocenters. The Labute approximate surface area is 122 Å². The Hall–Kier alpha value is -0.930. The number of benzene rings is 1. The van der Waals surface area contributed by atoms with Crippen LogP contribution in [-0.4, -0.2) is 30.1 Å². The van der Waals surface area contributed by atoms with E-state index < -0.39 is 0 Å². The highest BCUT2D eigenvalue weighted by atomic mass is 19.1. The van der Waals surface area contributed by atoms with Crippen LogP contribution in [0.4, 0.5) is 4.39 Å². The van der Waals surface area contributed by atoms with Crippen molar-refractivity contribution in [3.05, 3.63) is 35.1 Å². The van der Waals surface area contributed by atoms with Gasteiger partial charge >= 0.3 is 0 Å². The van der Waals surface area contributed by atoms with Crippen molar-refractivity contribution in [3.8, 4) is 0 Å². The lowest BCUT2D eigenvalue weighted by atomic mass is 10.0.